The Morgan fingerprint density at radius 2 is 2.03 bits per heavy atom. The maximum atomic E-state index is 14.5. The summed E-state index contributed by atoms with van der Waals surface area (Å²) < 4.78 is 31.1. The highest BCUT2D eigenvalue weighted by Crippen LogP contribution is 2.40. The van der Waals surface area contributed by atoms with Crippen LogP contribution in [0.25, 0.3) is 11.3 Å². The third-order valence-corrected chi connectivity index (χ3v) is 5.38. The van der Waals surface area contributed by atoms with Gasteiger partial charge in [0.1, 0.15) is 17.7 Å². The van der Waals surface area contributed by atoms with Crippen molar-refractivity contribution in [3.63, 3.8) is 0 Å². The molecule has 2 aromatic carbocycles. The van der Waals surface area contributed by atoms with Crippen molar-refractivity contribution >= 4 is 5.91 Å². The fourth-order valence-corrected chi connectivity index (χ4v) is 3.80. The summed E-state index contributed by atoms with van der Waals surface area (Å²) in [4.78, 5) is 21.5. The predicted molar refractivity (Wildman–Crippen MR) is 110 cm³/mol. The van der Waals surface area contributed by atoms with Crippen LogP contribution in [0.4, 0.5) is 4.39 Å². The fourth-order valence-electron chi connectivity index (χ4n) is 3.80. The summed E-state index contributed by atoms with van der Waals surface area (Å²) in [5, 5.41) is 2.86. The van der Waals surface area contributed by atoms with Crippen molar-refractivity contribution in [2.45, 2.75) is 26.4 Å². The van der Waals surface area contributed by atoms with E-state index in [1.54, 1.807) is 30.5 Å². The van der Waals surface area contributed by atoms with Gasteiger partial charge in [-0.1, -0.05) is 0 Å². The largest absolute Gasteiger partial charge is 0.487 e. The average Bonchev–Trinajstić information content (AvgIpc) is 3.41. The van der Waals surface area contributed by atoms with Gasteiger partial charge < -0.3 is 19.5 Å². The van der Waals surface area contributed by atoms with E-state index in [1.807, 2.05) is 13.8 Å². The molecule has 7 nitrogen and oxygen atoms in total. The first-order chi connectivity index (χ1) is 15.0. The second-order valence-corrected chi connectivity index (χ2v) is 7.57. The SMILES string of the molecule is Cc1cnc(C)c(-c2ccc(F)c3c2O[C@H](CNC(=O)c2ccc4c(c2)OCO4)C3)n1. The molecule has 2 aliphatic rings. The van der Waals surface area contributed by atoms with Crippen LogP contribution in [0.15, 0.2) is 36.5 Å². The number of fused-ring (bicyclic) bond motifs is 2. The summed E-state index contributed by atoms with van der Waals surface area (Å²) in [7, 11) is 0. The van der Waals surface area contributed by atoms with E-state index in [0.29, 0.717) is 46.1 Å². The van der Waals surface area contributed by atoms with Crippen molar-refractivity contribution in [1.82, 2.24) is 15.3 Å². The van der Waals surface area contributed by atoms with Crippen molar-refractivity contribution in [1.29, 1.82) is 0 Å². The van der Waals surface area contributed by atoms with Crippen LogP contribution < -0.4 is 19.5 Å². The van der Waals surface area contributed by atoms with Crippen LogP contribution in [0, 0.1) is 19.7 Å². The Labute approximate surface area is 178 Å². The van der Waals surface area contributed by atoms with Gasteiger partial charge in [0.05, 0.1) is 23.6 Å². The number of hydrogen-bond acceptors (Lipinski definition) is 6. The molecule has 1 aromatic heterocycles. The fraction of sp³-hybridized carbons (Fsp3) is 0.261. The van der Waals surface area contributed by atoms with E-state index in [9.17, 15) is 9.18 Å². The Morgan fingerprint density at radius 1 is 1.19 bits per heavy atom. The molecular weight excluding hydrogens is 401 g/mol. The molecule has 0 saturated heterocycles. The van der Waals surface area contributed by atoms with Gasteiger partial charge in [0.25, 0.3) is 5.91 Å². The Morgan fingerprint density at radius 3 is 2.90 bits per heavy atom. The van der Waals surface area contributed by atoms with Gasteiger partial charge in [-0.2, -0.15) is 0 Å². The maximum Gasteiger partial charge on any atom is 0.251 e. The Kier molecular flexibility index (Phi) is 4.69. The first-order valence-corrected chi connectivity index (χ1v) is 9.96. The highest BCUT2D eigenvalue weighted by atomic mass is 19.1. The summed E-state index contributed by atoms with van der Waals surface area (Å²) >= 11 is 0. The van der Waals surface area contributed by atoms with Gasteiger partial charge in [0, 0.05) is 29.3 Å². The lowest BCUT2D eigenvalue weighted by atomic mass is 10.0. The van der Waals surface area contributed by atoms with Crippen LogP contribution in [0.1, 0.15) is 27.3 Å². The standard InChI is InChI=1S/C23H20FN3O4/c1-12-9-25-13(2)21(27-12)16-4-5-18(24)17-8-15(31-22(16)17)10-26-23(28)14-3-6-19-20(7-14)30-11-29-19/h3-7,9,15H,8,10-11H2,1-2H3,(H,26,28)/t15-/m0/s1. The van der Waals surface area contributed by atoms with E-state index >= 15 is 0 Å². The highest BCUT2D eigenvalue weighted by Gasteiger charge is 2.30. The van der Waals surface area contributed by atoms with Crippen molar-refractivity contribution in [2.75, 3.05) is 13.3 Å². The Hall–Kier alpha value is -3.68. The van der Waals surface area contributed by atoms with E-state index in [2.05, 4.69) is 15.3 Å². The molecule has 3 heterocycles. The molecular formula is C23H20FN3O4. The third kappa shape index (κ3) is 3.54. The lowest BCUT2D eigenvalue weighted by molar-refractivity contribution is 0.0933. The zero-order valence-electron chi connectivity index (χ0n) is 17.1. The molecule has 2 aliphatic heterocycles. The van der Waals surface area contributed by atoms with E-state index in [-0.39, 0.29) is 31.2 Å². The topological polar surface area (TPSA) is 82.6 Å². The molecule has 1 amide bonds. The number of aromatic nitrogens is 2. The molecule has 1 atom stereocenters. The van der Waals surface area contributed by atoms with Crippen LogP contribution in [0.5, 0.6) is 17.2 Å². The summed E-state index contributed by atoms with van der Waals surface area (Å²) in [6.07, 6.45) is 1.66. The van der Waals surface area contributed by atoms with Crippen molar-refractivity contribution in [2.24, 2.45) is 0 Å². The van der Waals surface area contributed by atoms with Gasteiger partial charge in [-0.25, -0.2) is 9.37 Å². The van der Waals surface area contributed by atoms with Gasteiger partial charge in [-0.05, 0) is 44.2 Å². The first kappa shape index (κ1) is 19.3. The average molecular weight is 421 g/mol. The highest BCUT2D eigenvalue weighted by molar-refractivity contribution is 5.95. The number of aryl methyl sites for hydroxylation is 2. The minimum absolute atomic E-state index is 0.146. The molecule has 3 aromatic rings. The number of nitrogens with one attached hydrogen (secondary N) is 1. The summed E-state index contributed by atoms with van der Waals surface area (Å²) in [5.41, 5.74) is 3.82. The van der Waals surface area contributed by atoms with Crippen LogP contribution in [-0.2, 0) is 6.42 Å². The van der Waals surface area contributed by atoms with Crippen LogP contribution in [0.2, 0.25) is 0 Å². The molecule has 0 spiro atoms. The van der Waals surface area contributed by atoms with Gasteiger partial charge in [-0.15, -0.1) is 0 Å². The quantitative estimate of drug-likeness (QED) is 0.696. The van der Waals surface area contributed by atoms with E-state index < -0.39 is 0 Å². The molecule has 1 N–H and O–H groups in total. The van der Waals surface area contributed by atoms with Crippen molar-refractivity contribution < 1.29 is 23.4 Å². The normalized spacial score (nSPS) is 16.0. The zero-order valence-corrected chi connectivity index (χ0v) is 17.1. The molecule has 0 fully saturated rings. The molecule has 0 saturated carbocycles. The maximum absolute atomic E-state index is 14.5. The number of benzene rings is 2. The molecule has 0 radical (unpaired) electrons. The van der Waals surface area contributed by atoms with E-state index in [4.69, 9.17) is 14.2 Å². The minimum atomic E-state index is -0.387. The second-order valence-electron chi connectivity index (χ2n) is 7.57. The molecule has 31 heavy (non-hydrogen) atoms. The molecule has 5 rings (SSSR count). The van der Waals surface area contributed by atoms with E-state index in [0.717, 1.165) is 11.4 Å². The second kappa shape index (κ2) is 7.54. The van der Waals surface area contributed by atoms with Crippen LogP contribution in [-0.4, -0.2) is 35.3 Å². The number of nitrogens with zero attached hydrogens (tertiary/aromatic N) is 2. The summed E-state index contributed by atoms with van der Waals surface area (Å²) in [6, 6.07) is 8.10. The van der Waals surface area contributed by atoms with Gasteiger partial charge in [-0.3, -0.25) is 9.78 Å². The van der Waals surface area contributed by atoms with Gasteiger partial charge >= 0.3 is 0 Å². The molecule has 158 valence electrons. The van der Waals surface area contributed by atoms with Crippen molar-refractivity contribution in [3.05, 3.63) is 64.9 Å². The Balaban J connectivity index is 1.33. The summed E-state index contributed by atoms with van der Waals surface area (Å²) in [6.45, 7) is 4.09. The Bertz CT molecular complexity index is 1200. The molecule has 0 aliphatic carbocycles. The minimum Gasteiger partial charge on any atom is -0.487 e. The number of carbonyl (C=O) groups excluding carboxylic acids is 1. The molecule has 8 heteroatoms. The number of halogens is 1. The predicted octanol–water partition coefficient (Wildman–Crippen LogP) is 3.36. The van der Waals surface area contributed by atoms with Gasteiger partial charge in [0.2, 0.25) is 6.79 Å². The monoisotopic (exact) mass is 421 g/mol. The lowest BCUT2D eigenvalue weighted by Gasteiger charge is -2.14. The third-order valence-electron chi connectivity index (χ3n) is 5.38. The first-order valence-electron chi connectivity index (χ1n) is 9.96. The number of rotatable bonds is 4. The smallest absolute Gasteiger partial charge is 0.251 e. The molecule has 0 unspecified atom stereocenters. The van der Waals surface area contributed by atoms with E-state index in [1.165, 1.54) is 6.07 Å². The van der Waals surface area contributed by atoms with Gasteiger partial charge in [0.15, 0.2) is 11.5 Å². The zero-order chi connectivity index (χ0) is 21.5. The van der Waals surface area contributed by atoms with Crippen LogP contribution in [0.3, 0.4) is 0 Å². The number of carbonyl (C=O) groups is 1. The number of ether oxygens (including phenoxy) is 3. The number of hydrogen-bond donors (Lipinski definition) is 1. The number of amides is 1. The lowest BCUT2D eigenvalue weighted by Crippen LogP contribution is -2.34. The summed E-state index contributed by atoms with van der Waals surface area (Å²) in [5.74, 6) is 1.02. The van der Waals surface area contributed by atoms with Crippen molar-refractivity contribution in [3.8, 4) is 28.5 Å². The van der Waals surface area contributed by atoms with Crippen LogP contribution >= 0.6 is 0 Å². The molecule has 0 bridgehead atoms.